The molecule has 18 heavy (non-hydrogen) atoms. The first-order chi connectivity index (χ1) is 8.49. The quantitative estimate of drug-likeness (QED) is 0.869. The predicted molar refractivity (Wildman–Crippen MR) is 63.5 cm³/mol. The molecule has 0 heterocycles. The van der Waals surface area contributed by atoms with Gasteiger partial charge in [-0.15, -0.1) is 0 Å². The summed E-state index contributed by atoms with van der Waals surface area (Å²) >= 11 is 0. The van der Waals surface area contributed by atoms with E-state index in [0.717, 1.165) is 6.07 Å². The summed E-state index contributed by atoms with van der Waals surface area (Å²) in [5.41, 5.74) is 6.78. The van der Waals surface area contributed by atoms with Gasteiger partial charge in [0.2, 0.25) is 0 Å². The fourth-order valence-electron chi connectivity index (χ4n) is 1.80. The smallest absolute Gasteiger partial charge is 0.131 e. The molecule has 0 aliphatic heterocycles. The molecule has 2 N–H and O–H groups in total. The molecular formula is C14H12F3N. The molecule has 0 aromatic heterocycles. The van der Waals surface area contributed by atoms with Crippen molar-refractivity contribution in [3.05, 3.63) is 70.5 Å². The van der Waals surface area contributed by atoms with Crippen LogP contribution in [0, 0.1) is 24.4 Å². The second kappa shape index (κ2) is 4.82. The average Bonchev–Trinajstić information content (AvgIpc) is 2.33. The fraction of sp³-hybridized carbons (Fsp3) is 0.143. The van der Waals surface area contributed by atoms with Gasteiger partial charge in [-0.25, -0.2) is 13.2 Å². The lowest BCUT2D eigenvalue weighted by Gasteiger charge is -2.14. The standard InChI is InChI=1S/C14H12F3N/c1-8-5-11(13(17)7-12(8)16)14(18)9-3-2-4-10(15)6-9/h2-7,14H,18H2,1H3. The van der Waals surface area contributed by atoms with Gasteiger partial charge in [-0.1, -0.05) is 12.1 Å². The maximum Gasteiger partial charge on any atom is 0.131 e. The largest absolute Gasteiger partial charge is 0.320 e. The van der Waals surface area contributed by atoms with Crippen molar-refractivity contribution in [3.63, 3.8) is 0 Å². The first-order valence-corrected chi connectivity index (χ1v) is 5.45. The van der Waals surface area contributed by atoms with E-state index < -0.39 is 23.5 Å². The molecule has 0 amide bonds. The van der Waals surface area contributed by atoms with Gasteiger partial charge < -0.3 is 5.73 Å². The molecule has 4 heteroatoms. The van der Waals surface area contributed by atoms with E-state index in [1.165, 1.54) is 31.2 Å². The minimum atomic E-state index is -0.819. The van der Waals surface area contributed by atoms with Crippen LogP contribution in [0.15, 0.2) is 36.4 Å². The lowest BCUT2D eigenvalue weighted by atomic mass is 9.97. The number of halogens is 3. The molecule has 0 aliphatic rings. The first kappa shape index (κ1) is 12.6. The molecule has 0 saturated carbocycles. The monoisotopic (exact) mass is 251 g/mol. The first-order valence-electron chi connectivity index (χ1n) is 5.45. The Morgan fingerprint density at radius 3 is 2.39 bits per heavy atom. The van der Waals surface area contributed by atoms with E-state index in [2.05, 4.69) is 0 Å². The zero-order chi connectivity index (χ0) is 13.3. The maximum atomic E-state index is 13.7. The van der Waals surface area contributed by atoms with Crippen LogP contribution in [0.3, 0.4) is 0 Å². The van der Waals surface area contributed by atoms with Gasteiger partial charge in [0.25, 0.3) is 0 Å². The summed E-state index contributed by atoms with van der Waals surface area (Å²) in [5.74, 6) is -1.79. The highest BCUT2D eigenvalue weighted by Gasteiger charge is 2.16. The molecule has 1 unspecified atom stereocenters. The lowest BCUT2D eigenvalue weighted by Crippen LogP contribution is -2.14. The molecule has 0 saturated heterocycles. The maximum absolute atomic E-state index is 13.7. The predicted octanol–water partition coefficient (Wildman–Crippen LogP) is 3.46. The second-order valence-corrected chi connectivity index (χ2v) is 4.16. The van der Waals surface area contributed by atoms with E-state index in [9.17, 15) is 13.2 Å². The third-order valence-corrected chi connectivity index (χ3v) is 2.82. The summed E-state index contributed by atoms with van der Waals surface area (Å²) in [7, 11) is 0. The molecule has 1 nitrogen and oxygen atoms in total. The molecule has 0 bridgehead atoms. The minimum Gasteiger partial charge on any atom is -0.320 e. The number of benzene rings is 2. The van der Waals surface area contributed by atoms with Crippen LogP contribution in [-0.2, 0) is 0 Å². The van der Waals surface area contributed by atoms with Gasteiger partial charge in [0.1, 0.15) is 17.5 Å². The minimum absolute atomic E-state index is 0.152. The Hall–Kier alpha value is -1.81. The van der Waals surface area contributed by atoms with Gasteiger partial charge in [0.05, 0.1) is 6.04 Å². The number of hydrogen-bond acceptors (Lipinski definition) is 1. The van der Waals surface area contributed by atoms with Crippen LogP contribution in [0.25, 0.3) is 0 Å². The molecule has 94 valence electrons. The second-order valence-electron chi connectivity index (χ2n) is 4.16. The van der Waals surface area contributed by atoms with Crippen LogP contribution >= 0.6 is 0 Å². The topological polar surface area (TPSA) is 26.0 Å². The highest BCUT2D eigenvalue weighted by molar-refractivity contribution is 5.35. The molecule has 0 spiro atoms. The van der Waals surface area contributed by atoms with Crippen molar-refractivity contribution >= 4 is 0 Å². The lowest BCUT2D eigenvalue weighted by molar-refractivity contribution is 0.560. The summed E-state index contributed by atoms with van der Waals surface area (Å²) in [5, 5.41) is 0. The van der Waals surface area contributed by atoms with Gasteiger partial charge in [-0.3, -0.25) is 0 Å². The number of hydrogen-bond donors (Lipinski definition) is 1. The van der Waals surface area contributed by atoms with Crippen LogP contribution in [0.1, 0.15) is 22.7 Å². The highest BCUT2D eigenvalue weighted by atomic mass is 19.1. The zero-order valence-electron chi connectivity index (χ0n) is 9.75. The molecule has 0 aliphatic carbocycles. The van der Waals surface area contributed by atoms with Crippen molar-refractivity contribution in [2.75, 3.05) is 0 Å². The number of rotatable bonds is 2. The molecule has 2 rings (SSSR count). The summed E-state index contributed by atoms with van der Waals surface area (Å²) in [6.07, 6.45) is 0. The Balaban J connectivity index is 2.46. The third kappa shape index (κ3) is 2.38. The van der Waals surface area contributed by atoms with Crippen molar-refractivity contribution < 1.29 is 13.2 Å². The Morgan fingerprint density at radius 1 is 1.00 bits per heavy atom. The van der Waals surface area contributed by atoms with Crippen molar-refractivity contribution in [2.45, 2.75) is 13.0 Å². The SMILES string of the molecule is Cc1cc(C(N)c2cccc(F)c2)c(F)cc1F. The Morgan fingerprint density at radius 2 is 1.72 bits per heavy atom. The van der Waals surface area contributed by atoms with E-state index in [0.29, 0.717) is 11.1 Å². The van der Waals surface area contributed by atoms with Crippen molar-refractivity contribution in [1.29, 1.82) is 0 Å². The van der Waals surface area contributed by atoms with Gasteiger partial charge in [0.15, 0.2) is 0 Å². The van der Waals surface area contributed by atoms with Gasteiger partial charge in [0, 0.05) is 11.6 Å². The van der Waals surface area contributed by atoms with Crippen LogP contribution in [0.4, 0.5) is 13.2 Å². The van der Waals surface area contributed by atoms with E-state index >= 15 is 0 Å². The van der Waals surface area contributed by atoms with Gasteiger partial charge in [-0.05, 0) is 36.2 Å². The number of aryl methyl sites for hydroxylation is 1. The van der Waals surface area contributed by atoms with E-state index in [1.807, 2.05) is 0 Å². The Bertz CT molecular complexity index is 581. The fourth-order valence-corrected chi connectivity index (χ4v) is 1.80. The molecule has 1 atom stereocenters. The molecule has 2 aromatic rings. The molecule has 0 fully saturated rings. The van der Waals surface area contributed by atoms with Crippen molar-refractivity contribution in [2.24, 2.45) is 5.73 Å². The normalized spacial score (nSPS) is 12.5. The third-order valence-electron chi connectivity index (χ3n) is 2.82. The van der Waals surface area contributed by atoms with Gasteiger partial charge in [-0.2, -0.15) is 0 Å². The van der Waals surface area contributed by atoms with Crippen molar-refractivity contribution in [1.82, 2.24) is 0 Å². The summed E-state index contributed by atoms with van der Waals surface area (Å²) in [4.78, 5) is 0. The van der Waals surface area contributed by atoms with Crippen LogP contribution in [-0.4, -0.2) is 0 Å². The molecule has 0 radical (unpaired) electrons. The van der Waals surface area contributed by atoms with E-state index in [-0.39, 0.29) is 5.56 Å². The van der Waals surface area contributed by atoms with Crippen LogP contribution in [0.5, 0.6) is 0 Å². The summed E-state index contributed by atoms with van der Waals surface area (Å²) < 4.78 is 39.9. The summed E-state index contributed by atoms with van der Waals surface area (Å²) in [6, 6.07) is 6.94. The van der Waals surface area contributed by atoms with Crippen LogP contribution in [0.2, 0.25) is 0 Å². The van der Waals surface area contributed by atoms with Crippen LogP contribution < -0.4 is 5.73 Å². The summed E-state index contributed by atoms with van der Waals surface area (Å²) in [6.45, 7) is 1.52. The molecular weight excluding hydrogens is 239 g/mol. The zero-order valence-corrected chi connectivity index (χ0v) is 9.75. The number of nitrogens with two attached hydrogens (primary N) is 1. The van der Waals surface area contributed by atoms with Crippen molar-refractivity contribution in [3.8, 4) is 0 Å². The van der Waals surface area contributed by atoms with E-state index in [1.54, 1.807) is 6.07 Å². The van der Waals surface area contributed by atoms with Gasteiger partial charge >= 0.3 is 0 Å². The Labute approximate surface area is 103 Å². The molecule has 2 aromatic carbocycles. The van der Waals surface area contributed by atoms with E-state index in [4.69, 9.17) is 5.73 Å². The average molecular weight is 251 g/mol. The highest BCUT2D eigenvalue weighted by Crippen LogP contribution is 2.24. The Kier molecular flexibility index (Phi) is 3.39.